The number of halogens is 4. The number of nitrogens with one attached hydrogen (secondary N) is 2. The molecule has 0 saturated carbocycles. The van der Waals surface area contributed by atoms with Crippen molar-refractivity contribution in [3.05, 3.63) is 23.9 Å². The van der Waals surface area contributed by atoms with Crippen molar-refractivity contribution in [1.82, 2.24) is 15.6 Å². The van der Waals surface area contributed by atoms with Crippen LogP contribution in [-0.2, 0) is 11.3 Å². The summed E-state index contributed by atoms with van der Waals surface area (Å²) in [5.41, 5.74) is 0.707. The summed E-state index contributed by atoms with van der Waals surface area (Å²) in [5.74, 6) is 0.990. The molecule has 2 N–H and O–H groups in total. The summed E-state index contributed by atoms with van der Waals surface area (Å²) < 4.78 is 47.2. The zero-order chi connectivity index (χ0) is 21.0. The molecule has 0 fully saturated rings. The third-order valence-electron chi connectivity index (χ3n) is 3.79. The fourth-order valence-electron chi connectivity index (χ4n) is 2.45. The molecule has 0 radical (unpaired) electrons. The van der Waals surface area contributed by atoms with Crippen LogP contribution >= 0.6 is 24.0 Å². The van der Waals surface area contributed by atoms with Crippen LogP contribution in [0.15, 0.2) is 23.3 Å². The van der Waals surface area contributed by atoms with Crippen LogP contribution in [0.1, 0.15) is 39.7 Å². The van der Waals surface area contributed by atoms with E-state index in [0.717, 1.165) is 6.42 Å². The predicted octanol–water partition coefficient (Wildman–Crippen LogP) is 4.15. The Kier molecular flexibility index (Phi) is 14.0. The molecule has 0 spiro atoms. The van der Waals surface area contributed by atoms with E-state index < -0.39 is 12.8 Å². The highest BCUT2D eigenvalue weighted by Crippen LogP contribution is 2.17. The first-order valence-corrected chi connectivity index (χ1v) is 9.53. The maximum absolute atomic E-state index is 12.3. The number of rotatable bonds is 11. The highest BCUT2D eigenvalue weighted by atomic mass is 127. The smallest absolute Gasteiger partial charge is 0.422 e. The molecule has 168 valence electrons. The van der Waals surface area contributed by atoms with E-state index in [1.165, 1.54) is 12.3 Å². The fraction of sp³-hybridized carbons (Fsp3) is 0.684. The summed E-state index contributed by atoms with van der Waals surface area (Å²) in [6.07, 6.45) is -1.96. The Morgan fingerprint density at radius 3 is 2.55 bits per heavy atom. The lowest BCUT2D eigenvalue weighted by molar-refractivity contribution is -0.154. The van der Waals surface area contributed by atoms with Crippen LogP contribution in [0.4, 0.5) is 13.2 Å². The predicted molar refractivity (Wildman–Crippen MR) is 119 cm³/mol. The first-order chi connectivity index (χ1) is 13.2. The maximum Gasteiger partial charge on any atom is 0.422 e. The van der Waals surface area contributed by atoms with Crippen LogP contribution in [0.25, 0.3) is 0 Å². The van der Waals surface area contributed by atoms with Crippen molar-refractivity contribution in [2.24, 2.45) is 10.9 Å². The number of pyridine rings is 1. The molecule has 1 heterocycles. The molecule has 0 aromatic carbocycles. The lowest BCUT2D eigenvalue weighted by Gasteiger charge is -2.21. The van der Waals surface area contributed by atoms with Crippen molar-refractivity contribution in [3.8, 4) is 5.88 Å². The molecule has 29 heavy (non-hydrogen) atoms. The molecular formula is C19H32F3IN4O2. The summed E-state index contributed by atoms with van der Waals surface area (Å²) in [6, 6.07) is 3.15. The normalized spacial score (nSPS) is 13.0. The number of hydrogen-bond acceptors (Lipinski definition) is 4. The molecular weight excluding hydrogens is 500 g/mol. The van der Waals surface area contributed by atoms with Crippen LogP contribution in [0.3, 0.4) is 0 Å². The van der Waals surface area contributed by atoms with E-state index in [0.29, 0.717) is 43.7 Å². The van der Waals surface area contributed by atoms with E-state index in [1.807, 2.05) is 13.8 Å². The Hall–Kier alpha value is -1.30. The molecule has 1 unspecified atom stereocenters. The zero-order valence-electron chi connectivity index (χ0n) is 17.4. The van der Waals surface area contributed by atoms with Crippen molar-refractivity contribution >= 4 is 29.9 Å². The van der Waals surface area contributed by atoms with Crippen LogP contribution in [0.2, 0.25) is 0 Å². The minimum Gasteiger partial charge on any atom is -0.468 e. The van der Waals surface area contributed by atoms with Crippen LogP contribution in [-0.4, -0.2) is 49.5 Å². The number of hydrogen-bond donors (Lipinski definition) is 2. The SMILES string of the molecule is CCNC(=NCc1ccnc(OCC(F)(F)F)c1)NCCC(OCC)C(C)C.I. The first-order valence-electron chi connectivity index (χ1n) is 9.53. The van der Waals surface area contributed by atoms with E-state index in [9.17, 15) is 13.2 Å². The monoisotopic (exact) mass is 532 g/mol. The Morgan fingerprint density at radius 2 is 1.97 bits per heavy atom. The van der Waals surface area contributed by atoms with Crippen molar-refractivity contribution in [3.63, 3.8) is 0 Å². The van der Waals surface area contributed by atoms with E-state index in [4.69, 9.17) is 4.74 Å². The van der Waals surface area contributed by atoms with E-state index in [1.54, 1.807) is 6.07 Å². The van der Waals surface area contributed by atoms with Gasteiger partial charge in [0.15, 0.2) is 12.6 Å². The average Bonchev–Trinajstić information content (AvgIpc) is 2.63. The van der Waals surface area contributed by atoms with Gasteiger partial charge in [0.2, 0.25) is 5.88 Å². The Balaban J connectivity index is 0.00000784. The number of aromatic nitrogens is 1. The van der Waals surface area contributed by atoms with E-state index >= 15 is 0 Å². The second kappa shape index (κ2) is 14.6. The Bertz CT molecular complexity index is 601. The number of aliphatic imine (C=N–C) groups is 1. The summed E-state index contributed by atoms with van der Waals surface area (Å²) in [6.45, 7) is 9.19. The number of alkyl halides is 3. The molecule has 1 rings (SSSR count). The molecule has 0 aliphatic carbocycles. The molecule has 1 aromatic heterocycles. The van der Waals surface area contributed by atoms with Gasteiger partial charge in [-0.25, -0.2) is 9.98 Å². The van der Waals surface area contributed by atoms with Gasteiger partial charge in [-0.15, -0.1) is 24.0 Å². The van der Waals surface area contributed by atoms with Crippen molar-refractivity contribution in [2.75, 3.05) is 26.3 Å². The van der Waals surface area contributed by atoms with Gasteiger partial charge in [0.05, 0.1) is 12.6 Å². The third-order valence-corrected chi connectivity index (χ3v) is 3.79. The van der Waals surface area contributed by atoms with Crippen molar-refractivity contribution in [2.45, 2.75) is 52.9 Å². The van der Waals surface area contributed by atoms with Gasteiger partial charge in [0.25, 0.3) is 0 Å². The largest absolute Gasteiger partial charge is 0.468 e. The molecule has 6 nitrogen and oxygen atoms in total. The standard InChI is InChI=1S/C19H31F3N4O2.HI/c1-5-23-18(25-10-8-16(14(3)4)27-6-2)26-12-15-7-9-24-17(11-15)28-13-19(20,21)22;/h7,9,11,14,16H,5-6,8,10,12-13H2,1-4H3,(H2,23,25,26);1H. The zero-order valence-corrected chi connectivity index (χ0v) is 19.7. The quantitative estimate of drug-likeness (QED) is 0.255. The molecule has 0 bridgehead atoms. The van der Waals surface area contributed by atoms with E-state index in [2.05, 4.69) is 39.2 Å². The van der Waals surface area contributed by atoms with Gasteiger partial charge in [0, 0.05) is 32.0 Å². The van der Waals surface area contributed by atoms with E-state index in [-0.39, 0.29) is 36.0 Å². The number of nitrogens with zero attached hydrogens (tertiary/aromatic N) is 2. The summed E-state index contributed by atoms with van der Waals surface area (Å²) in [4.78, 5) is 8.26. The lowest BCUT2D eigenvalue weighted by Crippen LogP contribution is -2.39. The minimum absolute atomic E-state index is 0. The van der Waals surface area contributed by atoms with Gasteiger partial charge in [-0.2, -0.15) is 13.2 Å². The topological polar surface area (TPSA) is 67.8 Å². The third kappa shape index (κ3) is 12.8. The van der Waals surface area contributed by atoms with Gasteiger partial charge in [-0.3, -0.25) is 0 Å². The number of guanidine groups is 1. The summed E-state index contributed by atoms with van der Waals surface area (Å²) in [7, 11) is 0. The van der Waals surface area contributed by atoms with Crippen LogP contribution in [0.5, 0.6) is 5.88 Å². The van der Waals surface area contributed by atoms with Gasteiger partial charge in [0.1, 0.15) is 0 Å². The highest BCUT2D eigenvalue weighted by molar-refractivity contribution is 14.0. The second-order valence-corrected chi connectivity index (χ2v) is 6.55. The highest BCUT2D eigenvalue weighted by Gasteiger charge is 2.28. The average molecular weight is 532 g/mol. The van der Waals surface area contributed by atoms with Gasteiger partial charge < -0.3 is 20.1 Å². The Labute approximate surface area is 188 Å². The van der Waals surface area contributed by atoms with Gasteiger partial charge >= 0.3 is 6.18 Å². The Morgan fingerprint density at radius 1 is 1.24 bits per heavy atom. The lowest BCUT2D eigenvalue weighted by atomic mass is 10.0. The molecule has 1 atom stereocenters. The molecule has 0 amide bonds. The van der Waals surface area contributed by atoms with Crippen LogP contribution < -0.4 is 15.4 Å². The molecule has 1 aromatic rings. The van der Waals surface area contributed by atoms with Crippen molar-refractivity contribution < 1.29 is 22.6 Å². The maximum atomic E-state index is 12.3. The molecule has 0 saturated heterocycles. The molecule has 0 aliphatic rings. The summed E-state index contributed by atoms with van der Waals surface area (Å²) in [5, 5.41) is 6.41. The molecule has 10 heteroatoms. The van der Waals surface area contributed by atoms with Crippen molar-refractivity contribution in [1.29, 1.82) is 0 Å². The number of ether oxygens (including phenoxy) is 2. The van der Waals surface area contributed by atoms with Gasteiger partial charge in [-0.1, -0.05) is 13.8 Å². The molecule has 0 aliphatic heterocycles. The van der Waals surface area contributed by atoms with Crippen LogP contribution in [0, 0.1) is 5.92 Å². The fourth-order valence-corrected chi connectivity index (χ4v) is 2.45. The first kappa shape index (κ1) is 27.7. The minimum atomic E-state index is -4.40. The second-order valence-electron chi connectivity index (χ2n) is 6.55. The van der Waals surface area contributed by atoms with Gasteiger partial charge in [-0.05, 0) is 37.8 Å². The summed E-state index contributed by atoms with van der Waals surface area (Å²) >= 11 is 0.